The summed E-state index contributed by atoms with van der Waals surface area (Å²) >= 11 is 0. The van der Waals surface area contributed by atoms with E-state index in [1.54, 1.807) is 6.07 Å². The van der Waals surface area contributed by atoms with E-state index in [-0.39, 0.29) is 5.75 Å². The molecule has 1 aliphatic heterocycles. The van der Waals surface area contributed by atoms with E-state index in [9.17, 15) is 5.11 Å². The maximum absolute atomic E-state index is 9.87. The third-order valence-electron chi connectivity index (χ3n) is 3.48. The molecule has 3 nitrogen and oxygen atoms in total. The van der Waals surface area contributed by atoms with Gasteiger partial charge in [0.05, 0.1) is 6.61 Å². The minimum Gasteiger partial charge on any atom is -0.504 e. The standard InChI is InChI=1S/C15H23NO2/c1-3-9-16(10-4-2)13-8-11-18-15-12(13)6-5-7-14(15)17/h5-7,13,17H,3-4,8-11H2,1-2H3. The van der Waals surface area contributed by atoms with Crippen LogP contribution < -0.4 is 4.74 Å². The van der Waals surface area contributed by atoms with Crippen molar-refractivity contribution in [2.45, 2.75) is 39.2 Å². The highest BCUT2D eigenvalue weighted by atomic mass is 16.5. The van der Waals surface area contributed by atoms with Crippen molar-refractivity contribution in [2.75, 3.05) is 19.7 Å². The van der Waals surface area contributed by atoms with Gasteiger partial charge in [-0.3, -0.25) is 4.90 Å². The lowest BCUT2D eigenvalue weighted by Crippen LogP contribution is -2.33. The Hall–Kier alpha value is -1.22. The summed E-state index contributed by atoms with van der Waals surface area (Å²) in [6, 6.07) is 6.08. The highest BCUT2D eigenvalue weighted by Gasteiger charge is 2.27. The van der Waals surface area contributed by atoms with Crippen molar-refractivity contribution in [2.24, 2.45) is 0 Å². The van der Waals surface area contributed by atoms with Gasteiger partial charge in [-0.1, -0.05) is 26.0 Å². The molecule has 2 rings (SSSR count). The van der Waals surface area contributed by atoms with Crippen molar-refractivity contribution < 1.29 is 9.84 Å². The summed E-state index contributed by atoms with van der Waals surface area (Å²) in [6.45, 7) is 7.33. The Bertz CT molecular complexity index is 386. The normalized spacial score (nSPS) is 18.5. The van der Waals surface area contributed by atoms with Crippen LogP contribution in [-0.4, -0.2) is 29.7 Å². The van der Waals surface area contributed by atoms with Gasteiger partial charge in [-0.2, -0.15) is 0 Å². The Morgan fingerprint density at radius 3 is 2.67 bits per heavy atom. The molecule has 0 amide bonds. The SMILES string of the molecule is CCCN(CCC)C1CCOc2c(O)cccc21. The van der Waals surface area contributed by atoms with Crippen molar-refractivity contribution >= 4 is 0 Å². The van der Waals surface area contributed by atoms with Crippen LogP contribution >= 0.6 is 0 Å². The topological polar surface area (TPSA) is 32.7 Å². The van der Waals surface area contributed by atoms with Crippen molar-refractivity contribution in [3.05, 3.63) is 23.8 Å². The number of nitrogens with zero attached hydrogens (tertiary/aromatic N) is 1. The number of aromatic hydroxyl groups is 1. The summed E-state index contributed by atoms with van der Waals surface area (Å²) < 4.78 is 5.61. The summed E-state index contributed by atoms with van der Waals surface area (Å²) in [5.41, 5.74) is 1.14. The molecule has 0 saturated heterocycles. The summed E-state index contributed by atoms with van der Waals surface area (Å²) in [7, 11) is 0. The lowest BCUT2D eigenvalue weighted by Gasteiger charge is -2.35. The molecule has 0 aromatic heterocycles. The number of benzene rings is 1. The van der Waals surface area contributed by atoms with Crippen LogP contribution in [0.5, 0.6) is 11.5 Å². The van der Waals surface area contributed by atoms with Crippen molar-refractivity contribution in [1.29, 1.82) is 0 Å². The van der Waals surface area contributed by atoms with Crippen molar-refractivity contribution in [3.8, 4) is 11.5 Å². The molecule has 0 saturated carbocycles. The molecule has 100 valence electrons. The van der Waals surface area contributed by atoms with E-state index < -0.39 is 0 Å². The Labute approximate surface area is 109 Å². The third kappa shape index (κ3) is 2.61. The number of phenolic OH excluding ortho intramolecular Hbond substituents is 1. The fourth-order valence-electron chi connectivity index (χ4n) is 2.77. The fraction of sp³-hybridized carbons (Fsp3) is 0.600. The van der Waals surface area contributed by atoms with Gasteiger partial charge >= 0.3 is 0 Å². The third-order valence-corrected chi connectivity index (χ3v) is 3.48. The van der Waals surface area contributed by atoms with Gasteiger partial charge in [0.1, 0.15) is 0 Å². The largest absolute Gasteiger partial charge is 0.504 e. The molecule has 1 aromatic rings. The van der Waals surface area contributed by atoms with Crippen LogP contribution in [0.25, 0.3) is 0 Å². The molecule has 0 fully saturated rings. The van der Waals surface area contributed by atoms with Crippen LogP contribution in [-0.2, 0) is 0 Å². The van der Waals surface area contributed by atoms with Gasteiger partial charge in [-0.05, 0) is 32.0 Å². The van der Waals surface area contributed by atoms with Crippen LogP contribution in [0.3, 0.4) is 0 Å². The molecule has 1 N–H and O–H groups in total. The molecule has 1 aromatic carbocycles. The van der Waals surface area contributed by atoms with Gasteiger partial charge in [0.15, 0.2) is 11.5 Å². The molecule has 1 heterocycles. The quantitative estimate of drug-likeness (QED) is 0.868. The smallest absolute Gasteiger partial charge is 0.165 e. The van der Waals surface area contributed by atoms with Crippen molar-refractivity contribution in [3.63, 3.8) is 0 Å². The lowest BCUT2D eigenvalue weighted by atomic mass is 9.98. The predicted octanol–water partition coefficient (Wildman–Crippen LogP) is 3.34. The molecule has 3 heteroatoms. The van der Waals surface area contributed by atoms with Gasteiger partial charge in [-0.15, -0.1) is 0 Å². The van der Waals surface area contributed by atoms with Crippen molar-refractivity contribution in [1.82, 2.24) is 4.90 Å². The summed E-state index contributed by atoms with van der Waals surface area (Å²) in [4.78, 5) is 2.51. The zero-order valence-electron chi connectivity index (χ0n) is 11.4. The molecule has 1 atom stereocenters. The number of hydrogen-bond acceptors (Lipinski definition) is 3. The zero-order valence-corrected chi connectivity index (χ0v) is 11.4. The molecule has 0 radical (unpaired) electrons. The minimum absolute atomic E-state index is 0.269. The van der Waals surface area contributed by atoms with Gasteiger partial charge in [-0.25, -0.2) is 0 Å². The van der Waals surface area contributed by atoms with E-state index in [0.717, 1.165) is 37.9 Å². The van der Waals surface area contributed by atoms with E-state index in [1.807, 2.05) is 6.07 Å². The lowest BCUT2D eigenvalue weighted by molar-refractivity contribution is 0.137. The second kappa shape index (κ2) is 6.10. The Kier molecular flexibility index (Phi) is 4.48. The van der Waals surface area contributed by atoms with E-state index >= 15 is 0 Å². The Morgan fingerprint density at radius 1 is 1.28 bits per heavy atom. The first-order valence-corrected chi connectivity index (χ1v) is 6.96. The number of para-hydroxylation sites is 1. The summed E-state index contributed by atoms with van der Waals surface area (Å²) in [5.74, 6) is 0.955. The van der Waals surface area contributed by atoms with Crippen LogP contribution in [0.2, 0.25) is 0 Å². The molecule has 0 spiro atoms. The fourth-order valence-corrected chi connectivity index (χ4v) is 2.77. The molecule has 1 unspecified atom stereocenters. The minimum atomic E-state index is 0.269. The van der Waals surface area contributed by atoms with Gasteiger partial charge in [0, 0.05) is 18.0 Å². The molecular formula is C15H23NO2. The van der Waals surface area contributed by atoms with E-state index in [1.165, 1.54) is 0 Å². The maximum atomic E-state index is 9.87. The molecule has 0 aliphatic carbocycles. The van der Waals surface area contributed by atoms with E-state index in [2.05, 4.69) is 24.8 Å². The molecule has 1 aliphatic rings. The number of ether oxygens (including phenoxy) is 1. The second-order valence-corrected chi connectivity index (χ2v) is 4.88. The predicted molar refractivity (Wildman–Crippen MR) is 73.1 cm³/mol. The Morgan fingerprint density at radius 2 is 2.00 bits per heavy atom. The number of fused-ring (bicyclic) bond motifs is 1. The van der Waals surface area contributed by atoms with Crippen LogP contribution in [0.4, 0.5) is 0 Å². The summed E-state index contributed by atoms with van der Waals surface area (Å²) in [6.07, 6.45) is 3.33. The van der Waals surface area contributed by atoms with Gasteiger partial charge < -0.3 is 9.84 Å². The number of phenols is 1. The summed E-state index contributed by atoms with van der Waals surface area (Å²) in [5, 5.41) is 9.87. The first-order valence-electron chi connectivity index (χ1n) is 6.96. The van der Waals surface area contributed by atoms with Crippen LogP contribution in [0.15, 0.2) is 18.2 Å². The number of rotatable bonds is 5. The zero-order chi connectivity index (χ0) is 13.0. The molecule has 18 heavy (non-hydrogen) atoms. The van der Waals surface area contributed by atoms with Crippen LogP contribution in [0.1, 0.15) is 44.7 Å². The van der Waals surface area contributed by atoms with E-state index in [4.69, 9.17) is 4.74 Å². The second-order valence-electron chi connectivity index (χ2n) is 4.88. The maximum Gasteiger partial charge on any atom is 0.165 e. The highest BCUT2D eigenvalue weighted by Crippen LogP contribution is 2.41. The first-order chi connectivity index (χ1) is 8.77. The Balaban J connectivity index is 2.27. The average Bonchev–Trinajstić information content (AvgIpc) is 2.38. The van der Waals surface area contributed by atoms with E-state index in [0.29, 0.717) is 18.4 Å². The monoisotopic (exact) mass is 249 g/mol. The van der Waals surface area contributed by atoms with Crippen LogP contribution in [0, 0.1) is 0 Å². The van der Waals surface area contributed by atoms with Gasteiger partial charge in [0.25, 0.3) is 0 Å². The average molecular weight is 249 g/mol. The first kappa shape index (κ1) is 13.2. The molecule has 0 bridgehead atoms. The molecular weight excluding hydrogens is 226 g/mol. The number of hydrogen-bond donors (Lipinski definition) is 1. The van der Waals surface area contributed by atoms with Gasteiger partial charge in [0.2, 0.25) is 0 Å². The highest BCUT2D eigenvalue weighted by molar-refractivity contribution is 5.48.